The molecule has 1 N–H and O–H groups in total. The van der Waals surface area contributed by atoms with Gasteiger partial charge in [-0.1, -0.05) is 11.6 Å². The second kappa shape index (κ2) is 4.72. The Bertz CT molecular complexity index is 409. The van der Waals surface area contributed by atoms with Gasteiger partial charge in [-0.05, 0) is 53.9 Å². The lowest BCUT2D eigenvalue weighted by Gasteiger charge is -2.19. The first-order chi connectivity index (χ1) is 7.24. The topological polar surface area (TPSA) is 37.3 Å². The van der Waals surface area contributed by atoms with Crippen LogP contribution < -0.4 is 0 Å². The van der Waals surface area contributed by atoms with Gasteiger partial charge in [-0.25, -0.2) is 4.39 Å². The number of rotatable bonds is 3. The Kier molecular flexibility index (Phi) is 3.97. The van der Waals surface area contributed by atoms with Crippen molar-refractivity contribution in [2.75, 3.05) is 0 Å². The van der Waals surface area contributed by atoms with Gasteiger partial charge in [-0.2, -0.15) is 0 Å². The summed E-state index contributed by atoms with van der Waals surface area (Å²) < 4.78 is 13.5. The molecule has 0 heterocycles. The van der Waals surface area contributed by atoms with E-state index in [2.05, 4.69) is 15.9 Å². The number of carboxylic acid groups (broad SMARTS) is 1. The molecular weight excluding hydrogens is 298 g/mol. The molecule has 0 fully saturated rings. The zero-order chi connectivity index (χ0) is 12.5. The Labute approximate surface area is 107 Å². The highest BCUT2D eigenvalue weighted by Crippen LogP contribution is 2.30. The van der Waals surface area contributed by atoms with Gasteiger partial charge in [0.05, 0.1) is 14.9 Å². The Morgan fingerprint density at radius 1 is 1.56 bits per heavy atom. The van der Waals surface area contributed by atoms with Crippen LogP contribution in [0.2, 0.25) is 5.02 Å². The van der Waals surface area contributed by atoms with Crippen LogP contribution in [0, 0.1) is 11.2 Å². The van der Waals surface area contributed by atoms with E-state index in [4.69, 9.17) is 16.7 Å². The second-order valence-corrected chi connectivity index (χ2v) is 5.44. The number of halogens is 3. The smallest absolute Gasteiger partial charge is 0.309 e. The summed E-state index contributed by atoms with van der Waals surface area (Å²) in [4.78, 5) is 10.9. The van der Waals surface area contributed by atoms with Crippen molar-refractivity contribution < 1.29 is 14.3 Å². The third kappa shape index (κ3) is 2.95. The fourth-order valence-electron chi connectivity index (χ4n) is 1.30. The molecule has 1 aromatic rings. The van der Waals surface area contributed by atoms with Crippen molar-refractivity contribution in [1.29, 1.82) is 0 Å². The first kappa shape index (κ1) is 13.5. The maximum atomic E-state index is 13.3. The van der Waals surface area contributed by atoms with Gasteiger partial charge in [-0.3, -0.25) is 4.79 Å². The standard InChI is InChI=1S/C11H11BrClFO2/c1-11(2,10(15)16)5-6-3-7(13)9(12)8(14)4-6/h3-4H,5H2,1-2H3,(H,15,16). The molecule has 0 aliphatic rings. The van der Waals surface area contributed by atoms with Crippen LogP contribution in [0.5, 0.6) is 0 Å². The number of benzene rings is 1. The Morgan fingerprint density at radius 3 is 2.56 bits per heavy atom. The second-order valence-electron chi connectivity index (χ2n) is 4.24. The molecule has 0 radical (unpaired) electrons. The molecule has 0 spiro atoms. The lowest BCUT2D eigenvalue weighted by atomic mass is 9.86. The molecule has 0 unspecified atom stereocenters. The summed E-state index contributed by atoms with van der Waals surface area (Å²) in [6.45, 7) is 3.17. The zero-order valence-electron chi connectivity index (χ0n) is 8.85. The van der Waals surface area contributed by atoms with Crippen LogP contribution in [0.1, 0.15) is 19.4 Å². The van der Waals surface area contributed by atoms with Crippen LogP contribution in [-0.4, -0.2) is 11.1 Å². The molecule has 0 saturated carbocycles. The minimum absolute atomic E-state index is 0.200. The third-order valence-electron chi connectivity index (χ3n) is 2.27. The summed E-state index contributed by atoms with van der Waals surface area (Å²) in [7, 11) is 0. The van der Waals surface area contributed by atoms with Gasteiger partial charge in [0.2, 0.25) is 0 Å². The van der Waals surface area contributed by atoms with E-state index in [1.807, 2.05) is 0 Å². The Hall–Kier alpha value is -0.610. The molecule has 5 heteroatoms. The summed E-state index contributed by atoms with van der Waals surface area (Å²) in [5, 5.41) is 9.21. The van der Waals surface area contributed by atoms with Gasteiger partial charge in [0.1, 0.15) is 5.82 Å². The highest BCUT2D eigenvalue weighted by Gasteiger charge is 2.27. The van der Waals surface area contributed by atoms with Crippen LogP contribution >= 0.6 is 27.5 Å². The van der Waals surface area contributed by atoms with Gasteiger partial charge < -0.3 is 5.11 Å². The van der Waals surface area contributed by atoms with Crippen LogP contribution in [0.25, 0.3) is 0 Å². The fraction of sp³-hybridized carbons (Fsp3) is 0.364. The minimum Gasteiger partial charge on any atom is -0.481 e. The molecule has 0 atom stereocenters. The fourth-order valence-corrected chi connectivity index (χ4v) is 1.76. The number of aliphatic carboxylic acids is 1. The number of carbonyl (C=O) groups is 1. The lowest BCUT2D eigenvalue weighted by molar-refractivity contribution is -0.146. The molecule has 16 heavy (non-hydrogen) atoms. The number of hydrogen-bond acceptors (Lipinski definition) is 1. The molecule has 2 nitrogen and oxygen atoms in total. The van der Waals surface area contributed by atoms with Crippen LogP contribution in [0.4, 0.5) is 4.39 Å². The third-order valence-corrected chi connectivity index (χ3v) is 3.60. The van der Waals surface area contributed by atoms with E-state index >= 15 is 0 Å². The molecule has 1 aromatic carbocycles. The van der Waals surface area contributed by atoms with E-state index in [1.165, 1.54) is 6.07 Å². The summed E-state index contributed by atoms with van der Waals surface area (Å²) in [5.41, 5.74) is -0.373. The maximum absolute atomic E-state index is 13.3. The zero-order valence-corrected chi connectivity index (χ0v) is 11.2. The first-order valence-electron chi connectivity index (χ1n) is 4.61. The first-order valence-corrected chi connectivity index (χ1v) is 5.78. The predicted molar refractivity (Wildman–Crippen MR) is 64.2 cm³/mol. The van der Waals surface area contributed by atoms with Crippen molar-refractivity contribution in [2.45, 2.75) is 20.3 Å². The number of hydrogen-bond donors (Lipinski definition) is 1. The Morgan fingerprint density at radius 2 is 2.12 bits per heavy atom. The summed E-state index contributed by atoms with van der Waals surface area (Å²) in [6.07, 6.45) is 0.228. The number of carboxylic acids is 1. The monoisotopic (exact) mass is 308 g/mol. The van der Waals surface area contributed by atoms with Gasteiger partial charge in [-0.15, -0.1) is 0 Å². The largest absolute Gasteiger partial charge is 0.481 e. The molecule has 0 aliphatic heterocycles. The van der Waals surface area contributed by atoms with Gasteiger partial charge >= 0.3 is 5.97 Å². The van der Waals surface area contributed by atoms with Crippen molar-refractivity contribution in [3.8, 4) is 0 Å². The summed E-state index contributed by atoms with van der Waals surface area (Å²) >= 11 is 8.79. The van der Waals surface area contributed by atoms with Crippen molar-refractivity contribution in [1.82, 2.24) is 0 Å². The van der Waals surface area contributed by atoms with E-state index in [-0.39, 0.29) is 15.9 Å². The molecular formula is C11H11BrClFO2. The van der Waals surface area contributed by atoms with Crippen LogP contribution in [-0.2, 0) is 11.2 Å². The normalized spacial score (nSPS) is 11.6. The average molecular weight is 310 g/mol. The molecule has 0 saturated heterocycles. The SMILES string of the molecule is CC(C)(Cc1cc(F)c(Br)c(Cl)c1)C(=O)O. The van der Waals surface area contributed by atoms with E-state index in [1.54, 1.807) is 19.9 Å². The molecule has 88 valence electrons. The predicted octanol–water partition coefficient (Wildman–Crippen LogP) is 3.89. The highest BCUT2D eigenvalue weighted by molar-refractivity contribution is 9.10. The van der Waals surface area contributed by atoms with Gasteiger partial charge in [0, 0.05) is 0 Å². The van der Waals surface area contributed by atoms with E-state index in [0.29, 0.717) is 5.56 Å². The van der Waals surface area contributed by atoms with Crippen LogP contribution in [0.15, 0.2) is 16.6 Å². The molecule has 0 bridgehead atoms. The maximum Gasteiger partial charge on any atom is 0.309 e. The molecule has 1 rings (SSSR count). The van der Waals surface area contributed by atoms with Crippen molar-refractivity contribution in [3.05, 3.63) is 33.0 Å². The summed E-state index contributed by atoms with van der Waals surface area (Å²) in [6, 6.07) is 2.86. The van der Waals surface area contributed by atoms with E-state index in [0.717, 1.165) is 0 Å². The molecule has 0 aliphatic carbocycles. The molecule has 0 amide bonds. The van der Waals surface area contributed by atoms with Crippen molar-refractivity contribution in [2.24, 2.45) is 5.41 Å². The lowest BCUT2D eigenvalue weighted by Crippen LogP contribution is -2.26. The highest BCUT2D eigenvalue weighted by atomic mass is 79.9. The van der Waals surface area contributed by atoms with E-state index < -0.39 is 17.2 Å². The minimum atomic E-state index is -0.941. The van der Waals surface area contributed by atoms with Crippen LogP contribution in [0.3, 0.4) is 0 Å². The van der Waals surface area contributed by atoms with Crippen molar-refractivity contribution in [3.63, 3.8) is 0 Å². The van der Waals surface area contributed by atoms with Crippen molar-refractivity contribution >= 4 is 33.5 Å². The molecule has 0 aromatic heterocycles. The summed E-state index contributed by atoms with van der Waals surface area (Å²) in [5.74, 6) is -1.41. The quantitative estimate of drug-likeness (QED) is 0.860. The van der Waals surface area contributed by atoms with E-state index in [9.17, 15) is 9.18 Å². The van der Waals surface area contributed by atoms with Gasteiger partial charge in [0.15, 0.2) is 0 Å². The van der Waals surface area contributed by atoms with Gasteiger partial charge in [0.25, 0.3) is 0 Å². The Balaban J connectivity index is 3.04. The average Bonchev–Trinajstić information content (AvgIpc) is 2.13.